The van der Waals surface area contributed by atoms with E-state index >= 15 is 0 Å². The van der Waals surface area contributed by atoms with Gasteiger partial charge >= 0.3 is 0 Å². The molecule has 0 aliphatic heterocycles. The zero-order valence-corrected chi connectivity index (χ0v) is 19.5. The van der Waals surface area contributed by atoms with Crippen LogP contribution < -0.4 is 10.2 Å². The van der Waals surface area contributed by atoms with Crippen LogP contribution in [0.15, 0.2) is 65.8 Å². The first-order valence-electron chi connectivity index (χ1n) is 10.1. The Balaban J connectivity index is 1.71. The Labute approximate surface area is 196 Å². The SMILES string of the molecule is CN(C)CCN(Cc1ccccc1)c1cc(Cl)nc(SCC(=O)Nc2ccccc2F)n1. The molecule has 1 aromatic heterocycles. The standard InChI is InChI=1S/C23H25ClFN5OS/c1-29(2)12-13-30(15-17-8-4-3-5-9-17)21-14-20(24)27-23(28-21)32-16-22(31)26-19-11-7-6-10-18(19)25/h3-11,14H,12-13,15-16H2,1-2H3,(H,26,31). The van der Waals surface area contributed by atoms with E-state index in [1.54, 1.807) is 18.2 Å². The van der Waals surface area contributed by atoms with E-state index in [-0.39, 0.29) is 17.3 Å². The van der Waals surface area contributed by atoms with Crippen LogP contribution in [0.3, 0.4) is 0 Å². The Kier molecular flexibility index (Phi) is 8.84. The van der Waals surface area contributed by atoms with Crippen LogP contribution in [0.1, 0.15) is 5.56 Å². The molecule has 0 unspecified atom stereocenters. The predicted molar refractivity (Wildman–Crippen MR) is 129 cm³/mol. The van der Waals surface area contributed by atoms with Crippen molar-refractivity contribution in [3.05, 3.63) is 77.2 Å². The highest BCUT2D eigenvalue weighted by atomic mass is 35.5. The van der Waals surface area contributed by atoms with Crippen LogP contribution in [-0.4, -0.2) is 53.7 Å². The van der Waals surface area contributed by atoms with E-state index in [0.717, 1.165) is 30.4 Å². The number of nitrogens with one attached hydrogen (secondary N) is 1. The topological polar surface area (TPSA) is 61.4 Å². The molecule has 2 aromatic carbocycles. The number of anilines is 2. The Bertz CT molecular complexity index is 1040. The molecule has 9 heteroatoms. The molecule has 0 aliphatic rings. The maximum absolute atomic E-state index is 13.7. The highest BCUT2D eigenvalue weighted by molar-refractivity contribution is 7.99. The molecule has 3 aromatic rings. The molecule has 0 radical (unpaired) electrons. The summed E-state index contributed by atoms with van der Waals surface area (Å²) in [7, 11) is 4.03. The minimum atomic E-state index is -0.482. The summed E-state index contributed by atoms with van der Waals surface area (Å²) in [5, 5.41) is 3.25. The lowest BCUT2D eigenvalue weighted by molar-refractivity contribution is -0.113. The second-order valence-corrected chi connectivity index (χ2v) is 8.69. The van der Waals surface area contributed by atoms with Crippen LogP contribution in [0, 0.1) is 5.82 Å². The van der Waals surface area contributed by atoms with Gasteiger partial charge in [0, 0.05) is 25.7 Å². The molecule has 1 amide bonds. The first kappa shape index (κ1) is 24.0. The number of nitrogens with zero attached hydrogens (tertiary/aromatic N) is 4. The number of likely N-dealkylation sites (N-methyl/N-ethyl adjacent to an activating group) is 1. The van der Waals surface area contributed by atoms with Gasteiger partial charge in [0.25, 0.3) is 0 Å². The highest BCUT2D eigenvalue weighted by Gasteiger charge is 2.14. The molecule has 1 N–H and O–H groups in total. The van der Waals surface area contributed by atoms with Gasteiger partial charge in [0.2, 0.25) is 5.91 Å². The normalized spacial score (nSPS) is 10.9. The Morgan fingerprint density at radius 1 is 1.06 bits per heavy atom. The number of rotatable bonds is 10. The minimum absolute atomic E-state index is 0.0322. The molecule has 1 heterocycles. The van der Waals surface area contributed by atoms with Gasteiger partial charge in [-0.15, -0.1) is 0 Å². The monoisotopic (exact) mass is 473 g/mol. The molecule has 32 heavy (non-hydrogen) atoms. The summed E-state index contributed by atoms with van der Waals surface area (Å²) in [5.74, 6) is -0.110. The van der Waals surface area contributed by atoms with Gasteiger partial charge in [0.15, 0.2) is 5.16 Å². The number of aromatic nitrogens is 2. The summed E-state index contributed by atoms with van der Waals surface area (Å²) >= 11 is 7.43. The lowest BCUT2D eigenvalue weighted by atomic mass is 10.2. The van der Waals surface area contributed by atoms with Crippen LogP contribution in [0.25, 0.3) is 0 Å². The number of hydrogen-bond donors (Lipinski definition) is 1. The first-order valence-corrected chi connectivity index (χ1v) is 11.4. The molecule has 0 bridgehead atoms. The quantitative estimate of drug-likeness (QED) is 0.264. The second kappa shape index (κ2) is 11.8. The van der Waals surface area contributed by atoms with Gasteiger partial charge < -0.3 is 15.1 Å². The van der Waals surface area contributed by atoms with Gasteiger partial charge in [0.05, 0.1) is 11.4 Å². The fraction of sp³-hybridized carbons (Fsp3) is 0.261. The summed E-state index contributed by atoms with van der Waals surface area (Å²) in [6.07, 6.45) is 0. The number of amides is 1. The largest absolute Gasteiger partial charge is 0.351 e. The van der Waals surface area contributed by atoms with Gasteiger partial charge in [-0.25, -0.2) is 14.4 Å². The molecule has 3 rings (SSSR count). The van der Waals surface area contributed by atoms with E-state index in [2.05, 4.69) is 37.2 Å². The van der Waals surface area contributed by atoms with E-state index in [0.29, 0.717) is 22.7 Å². The number of hydrogen-bond acceptors (Lipinski definition) is 6. The number of thioether (sulfide) groups is 1. The van der Waals surface area contributed by atoms with Crippen molar-refractivity contribution in [2.45, 2.75) is 11.7 Å². The Morgan fingerprint density at radius 2 is 1.78 bits per heavy atom. The van der Waals surface area contributed by atoms with Crippen molar-refractivity contribution in [3.8, 4) is 0 Å². The predicted octanol–water partition coefficient (Wildman–Crippen LogP) is 4.57. The molecule has 168 valence electrons. The van der Waals surface area contributed by atoms with Crippen molar-refractivity contribution in [1.29, 1.82) is 0 Å². The Hall–Kier alpha value is -2.68. The van der Waals surface area contributed by atoms with E-state index in [1.165, 1.54) is 12.1 Å². The summed E-state index contributed by atoms with van der Waals surface area (Å²) in [4.78, 5) is 25.4. The van der Waals surface area contributed by atoms with Gasteiger partial charge in [-0.3, -0.25) is 4.79 Å². The van der Waals surface area contributed by atoms with E-state index in [9.17, 15) is 9.18 Å². The molecule has 0 saturated heterocycles. The van der Waals surface area contributed by atoms with Crippen molar-refractivity contribution in [2.75, 3.05) is 43.2 Å². The van der Waals surface area contributed by atoms with E-state index in [4.69, 9.17) is 11.6 Å². The number of halogens is 2. The third-order valence-electron chi connectivity index (χ3n) is 4.50. The summed E-state index contributed by atoms with van der Waals surface area (Å²) in [5.41, 5.74) is 1.29. The number of carbonyl (C=O) groups is 1. The average molecular weight is 474 g/mol. The van der Waals surface area contributed by atoms with Crippen molar-refractivity contribution < 1.29 is 9.18 Å². The maximum atomic E-state index is 13.7. The molecule has 0 atom stereocenters. The van der Waals surface area contributed by atoms with Crippen LogP contribution >= 0.6 is 23.4 Å². The number of carbonyl (C=O) groups excluding carboxylic acids is 1. The van der Waals surface area contributed by atoms with Gasteiger partial charge in [-0.1, -0.05) is 65.8 Å². The van der Waals surface area contributed by atoms with E-state index in [1.807, 2.05) is 32.3 Å². The minimum Gasteiger partial charge on any atom is -0.351 e. The maximum Gasteiger partial charge on any atom is 0.234 e. The molecule has 0 spiro atoms. The van der Waals surface area contributed by atoms with Crippen molar-refractivity contribution >= 4 is 40.8 Å². The average Bonchev–Trinajstić information content (AvgIpc) is 2.77. The van der Waals surface area contributed by atoms with Gasteiger partial charge in [-0.2, -0.15) is 0 Å². The van der Waals surface area contributed by atoms with Crippen LogP contribution in [0.2, 0.25) is 5.15 Å². The summed E-state index contributed by atoms with van der Waals surface area (Å²) in [6, 6.07) is 17.9. The highest BCUT2D eigenvalue weighted by Crippen LogP contribution is 2.24. The lowest BCUT2D eigenvalue weighted by Crippen LogP contribution is -2.32. The second-order valence-electron chi connectivity index (χ2n) is 7.36. The molecule has 0 saturated carbocycles. The summed E-state index contributed by atoms with van der Waals surface area (Å²) in [6.45, 7) is 2.25. The smallest absolute Gasteiger partial charge is 0.234 e. The lowest BCUT2D eigenvalue weighted by Gasteiger charge is -2.26. The molecular formula is C23H25ClFN5OS. The van der Waals surface area contributed by atoms with Crippen molar-refractivity contribution in [1.82, 2.24) is 14.9 Å². The third kappa shape index (κ3) is 7.47. The van der Waals surface area contributed by atoms with Crippen LogP contribution in [-0.2, 0) is 11.3 Å². The molecule has 0 aliphatic carbocycles. The Morgan fingerprint density at radius 3 is 2.50 bits per heavy atom. The van der Waals surface area contributed by atoms with Crippen LogP contribution in [0.4, 0.5) is 15.9 Å². The fourth-order valence-corrected chi connectivity index (χ4v) is 3.77. The summed E-state index contributed by atoms with van der Waals surface area (Å²) < 4.78 is 13.7. The van der Waals surface area contributed by atoms with Gasteiger partial charge in [-0.05, 0) is 31.8 Å². The van der Waals surface area contributed by atoms with Crippen molar-refractivity contribution in [2.24, 2.45) is 0 Å². The number of para-hydroxylation sites is 1. The van der Waals surface area contributed by atoms with E-state index < -0.39 is 5.82 Å². The van der Waals surface area contributed by atoms with Crippen molar-refractivity contribution in [3.63, 3.8) is 0 Å². The fourth-order valence-electron chi connectivity index (χ4n) is 2.89. The molecular weight excluding hydrogens is 449 g/mol. The number of benzene rings is 2. The van der Waals surface area contributed by atoms with Gasteiger partial charge in [0.1, 0.15) is 16.8 Å². The molecule has 6 nitrogen and oxygen atoms in total. The molecule has 0 fully saturated rings. The zero-order chi connectivity index (χ0) is 22.9. The first-order chi connectivity index (χ1) is 15.4. The van der Waals surface area contributed by atoms with Crippen LogP contribution in [0.5, 0.6) is 0 Å². The third-order valence-corrected chi connectivity index (χ3v) is 5.54. The zero-order valence-electron chi connectivity index (χ0n) is 18.0.